The second kappa shape index (κ2) is 6.61. The molecule has 2 nitrogen and oxygen atoms in total. The van der Waals surface area contributed by atoms with Crippen molar-refractivity contribution in [2.24, 2.45) is 4.99 Å². The molecule has 0 radical (unpaired) electrons. The summed E-state index contributed by atoms with van der Waals surface area (Å²) >= 11 is 17.4. The molecule has 0 aliphatic carbocycles. The average molecular weight is 341 g/mol. The van der Waals surface area contributed by atoms with Crippen LogP contribution in [0.25, 0.3) is 0 Å². The van der Waals surface area contributed by atoms with E-state index in [4.69, 9.17) is 34.8 Å². The normalized spacial score (nSPS) is 11.6. The van der Waals surface area contributed by atoms with Gasteiger partial charge in [0.25, 0.3) is 5.24 Å². The summed E-state index contributed by atoms with van der Waals surface area (Å²) in [5.41, 5.74) is 3.88. The first kappa shape index (κ1) is 16.0. The first-order valence-corrected chi connectivity index (χ1v) is 7.33. The highest BCUT2D eigenvalue weighted by atomic mass is 35.5. The zero-order chi connectivity index (χ0) is 15.6. The van der Waals surface area contributed by atoms with Crippen LogP contribution in [0.3, 0.4) is 0 Å². The molecule has 108 valence electrons. The Hall–Kier alpha value is -1.35. The van der Waals surface area contributed by atoms with E-state index < -0.39 is 5.24 Å². The Kier molecular flexibility index (Phi) is 5.04. The summed E-state index contributed by atoms with van der Waals surface area (Å²) < 4.78 is 0. The van der Waals surface area contributed by atoms with Crippen molar-refractivity contribution >= 4 is 51.4 Å². The maximum absolute atomic E-state index is 11.0. The number of carbonyl (C=O) groups is 1. The molecule has 0 atom stereocenters. The van der Waals surface area contributed by atoms with Crippen LogP contribution in [0.4, 0.5) is 5.69 Å². The van der Waals surface area contributed by atoms with E-state index in [0.29, 0.717) is 15.6 Å². The first-order valence-electron chi connectivity index (χ1n) is 6.19. The summed E-state index contributed by atoms with van der Waals surface area (Å²) in [6, 6.07) is 10.5. The predicted molar refractivity (Wildman–Crippen MR) is 89.7 cm³/mol. The van der Waals surface area contributed by atoms with Gasteiger partial charge in [-0.25, -0.2) is 0 Å². The molecule has 0 N–H and O–H groups in total. The van der Waals surface area contributed by atoms with E-state index in [0.717, 1.165) is 22.5 Å². The van der Waals surface area contributed by atoms with Crippen molar-refractivity contribution in [3.63, 3.8) is 0 Å². The molecule has 0 fully saturated rings. The van der Waals surface area contributed by atoms with E-state index in [1.165, 1.54) is 0 Å². The fourth-order valence-corrected chi connectivity index (χ4v) is 2.35. The van der Waals surface area contributed by atoms with E-state index in [-0.39, 0.29) is 0 Å². The molecule has 0 aromatic heterocycles. The summed E-state index contributed by atoms with van der Waals surface area (Å²) in [6.07, 6.45) is 0. The summed E-state index contributed by atoms with van der Waals surface area (Å²) in [7, 11) is 0. The van der Waals surface area contributed by atoms with Gasteiger partial charge in [0.15, 0.2) is 0 Å². The van der Waals surface area contributed by atoms with Gasteiger partial charge >= 0.3 is 0 Å². The van der Waals surface area contributed by atoms with Crippen LogP contribution in [0.2, 0.25) is 10.0 Å². The third-order valence-electron chi connectivity index (χ3n) is 3.06. The minimum absolute atomic E-state index is 0.457. The quantitative estimate of drug-likeness (QED) is 0.511. The standard InChI is InChI=1S/C16H12Cl3NO/c1-9-7-13(17)14(18)8-15(9)20-10(2)11-3-5-12(6-4-11)16(19)21/h3-8H,1-2H3/b20-10+. The third kappa shape index (κ3) is 3.85. The van der Waals surface area contributed by atoms with E-state index in [9.17, 15) is 4.79 Å². The van der Waals surface area contributed by atoms with Crippen LogP contribution in [0.5, 0.6) is 0 Å². The molecule has 2 aromatic carbocycles. The van der Waals surface area contributed by atoms with Crippen molar-refractivity contribution in [1.29, 1.82) is 0 Å². The smallest absolute Gasteiger partial charge is 0.252 e. The summed E-state index contributed by atoms with van der Waals surface area (Å²) in [4.78, 5) is 15.6. The van der Waals surface area contributed by atoms with Crippen LogP contribution in [0.1, 0.15) is 28.4 Å². The van der Waals surface area contributed by atoms with Crippen molar-refractivity contribution < 1.29 is 4.79 Å². The fraction of sp³-hybridized carbons (Fsp3) is 0.125. The summed E-state index contributed by atoms with van der Waals surface area (Å²) in [5.74, 6) is 0. The Bertz CT molecular complexity index is 721. The molecule has 0 bridgehead atoms. The number of rotatable bonds is 3. The number of benzene rings is 2. The number of nitrogens with zero attached hydrogens (tertiary/aromatic N) is 1. The van der Waals surface area contributed by atoms with Crippen LogP contribution in [-0.4, -0.2) is 11.0 Å². The summed E-state index contributed by atoms with van der Waals surface area (Å²) in [5, 5.41) is 0.504. The Labute approximate surface area is 138 Å². The highest BCUT2D eigenvalue weighted by molar-refractivity contribution is 6.67. The topological polar surface area (TPSA) is 29.4 Å². The van der Waals surface area contributed by atoms with E-state index in [1.807, 2.05) is 13.8 Å². The van der Waals surface area contributed by atoms with Gasteiger partial charge in [-0.1, -0.05) is 35.3 Å². The molecule has 0 saturated heterocycles. The number of aliphatic imine (C=N–C) groups is 1. The predicted octanol–water partition coefficient (Wildman–Crippen LogP) is 5.82. The van der Waals surface area contributed by atoms with Crippen molar-refractivity contribution in [3.8, 4) is 0 Å². The minimum Gasteiger partial charge on any atom is -0.276 e. The van der Waals surface area contributed by atoms with Crippen molar-refractivity contribution in [3.05, 3.63) is 63.1 Å². The molecule has 0 saturated carbocycles. The van der Waals surface area contributed by atoms with Crippen molar-refractivity contribution in [2.45, 2.75) is 13.8 Å². The Morgan fingerprint density at radius 2 is 1.52 bits per heavy atom. The Morgan fingerprint density at radius 1 is 1.00 bits per heavy atom. The molecule has 0 aliphatic heterocycles. The van der Waals surface area contributed by atoms with Gasteiger partial charge in [0.2, 0.25) is 0 Å². The number of carbonyl (C=O) groups excluding carboxylic acids is 1. The molecule has 0 aliphatic rings. The molecule has 0 unspecified atom stereocenters. The number of aryl methyl sites for hydroxylation is 1. The monoisotopic (exact) mass is 339 g/mol. The maximum Gasteiger partial charge on any atom is 0.252 e. The summed E-state index contributed by atoms with van der Waals surface area (Å²) in [6.45, 7) is 3.81. The fourth-order valence-electron chi connectivity index (χ4n) is 1.84. The van der Waals surface area contributed by atoms with Crippen LogP contribution in [0, 0.1) is 6.92 Å². The van der Waals surface area contributed by atoms with Gasteiger partial charge in [-0.2, -0.15) is 0 Å². The van der Waals surface area contributed by atoms with Crippen LogP contribution < -0.4 is 0 Å². The first-order chi connectivity index (χ1) is 9.88. The van der Waals surface area contributed by atoms with Crippen molar-refractivity contribution in [2.75, 3.05) is 0 Å². The SMILES string of the molecule is C/C(=N\c1cc(Cl)c(Cl)cc1C)c1ccc(C(=O)Cl)cc1. The molecule has 5 heteroatoms. The average Bonchev–Trinajstić information content (AvgIpc) is 2.44. The lowest BCUT2D eigenvalue weighted by molar-refractivity contribution is 0.108. The van der Waals surface area contributed by atoms with Crippen LogP contribution in [-0.2, 0) is 0 Å². The van der Waals surface area contributed by atoms with Gasteiger partial charge in [-0.3, -0.25) is 9.79 Å². The molecule has 2 rings (SSSR count). The van der Waals surface area contributed by atoms with Gasteiger partial charge < -0.3 is 0 Å². The second-order valence-electron chi connectivity index (χ2n) is 4.60. The van der Waals surface area contributed by atoms with Gasteiger partial charge in [-0.05, 0) is 60.8 Å². The second-order valence-corrected chi connectivity index (χ2v) is 5.76. The molecular formula is C16H12Cl3NO. The van der Waals surface area contributed by atoms with Crippen molar-refractivity contribution in [1.82, 2.24) is 0 Å². The van der Waals surface area contributed by atoms with Gasteiger partial charge in [0.1, 0.15) is 0 Å². The maximum atomic E-state index is 11.0. The lowest BCUT2D eigenvalue weighted by Crippen LogP contribution is -1.96. The molecule has 0 heterocycles. The zero-order valence-corrected chi connectivity index (χ0v) is 13.7. The number of hydrogen-bond acceptors (Lipinski definition) is 2. The number of halogens is 3. The Balaban J connectivity index is 2.37. The number of hydrogen-bond donors (Lipinski definition) is 0. The molecule has 2 aromatic rings. The van der Waals surface area contributed by atoms with E-state index in [2.05, 4.69) is 4.99 Å². The lowest BCUT2D eigenvalue weighted by Gasteiger charge is -2.06. The highest BCUT2D eigenvalue weighted by Gasteiger charge is 2.06. The molecular weight excluding hydrogens is 329 g/mol. The lowest BCUT2D eigenvalue weighted by atomic mass is 10.1. The van der Waals surface area contributed by atoms with Crippen LogP contribution in [0.15, 0.2) is 41.4 Å². The third-order valence-corrected chi connectivity index (χ3v) is 4.00. The largest absolute Gasteiger partial charge is 0.276 e. The Morgan fingerprint density at radius 3 is 2.10 bits per heavy atom. The molecule has 0 spiro atoms. The molecule has 21 heavy (non-hydrogen) atoms. The van der Waals surface area contributed by atoms with Gasteiger partial charge in [0.05, 0.1) is 15.7 Å². The van der Waals surface area contributed by atoms with E-state index in [1.54, 1.807) is 36.4 Å². The van der Waals surface area contributed by atoms with Crippen LogP contribution >= 0.6 is 34.8 Å². The highest BCUT2D eigenvalue weighted by Crippen LogP contribution is 2.30. The van der Waals surface area contributed by atoms with Gasteiger partial charge in [0, 0.05) is 11.3 Å². The van der Waals surface area contributed by atoms with Gasteiger partial charge in [-0.15, -0.1) is 0 Å². The minimum atomic E-state index is -0.475. The molecule has 0 amide bonds. The zero-order valence-electron chi connectivity index (χ0n) is 11.5. The van der Waals surface area contributed by atoms with E-state index >= 15 is 0 Å².